The van der Waals surface area contributed by atoms with Crippen molar-refractivity contribution in [3.05, 3.63) is 95.1 Å². The topological polar surface area (TPSA) is 30.7 Å². The number of hydrogen-bond donors (Lipinski definition) is 0. The molecule has 3 aromatic carbocycles. The van der Waals surface area contributed by atoms with Crippen molar-refractivity contribution in [2.45, 2.75) is 19.9 Å². The fourth-order valence-electron chi connectivity index (χ4n) is 2.95. The molecule has 3 nitrogen and oxygen atoms in total. The van der Waals surface area contributed by atoms with Gasteiger partial charge in [0, 0.05) is 0 Å². The number of aryl methyl sites for hydroxylation is 2. The first kappa shape index (κ1) is 14.6. The highest BCUT2D eigenvalue weighted by Crippen LogP contribution is 2.27. The van der Waals surface area contributed by atoms with Gasteiger partial charge in [-0.1, -0.05) is 71.8 Å². The van der Waals surface area contributed by atoms with Crippen molar-refractivity contribution in [1.29, 1.82) is 0 Å². The quantitative estimate of drug-likeness (QED) is 0.549. The summed E-state index contributed by atoms with van der Waals surface area (Å²) < 4.78 is 0. The third-order valence-electron chi connectivity index (χ3n) is 4.32. The summed E-state index contributed by atoms with van der Waals surface area (Å²) in [6.07, 6.45) is 0. The van der Waals surface area contributed by atoms with Crippen molar-refractivity contribution in [2.24, 2.45) is 0 Å². The van der Waals surface area contributed by atoms with Gasteiger partial charge in [-0.15, -0.1) is 0 Å². The maximum absolute atomic E-state index is 4.72. The Morgan fingerprint density at radius 1 is 0.625 bits per heavy atom. The minimum atomic E-state index is -0.0291. The summed E-state index contributed by atoms with van der Waals surface area (Å²) in [6, 6.07) is 25.2. The molecule has 0 saturated heterocycles. The molecule has 0 aliphatic carbocycles. The van der Waals surface area contributed by atoms with Crippen LogP contribution in [0.2, 0.25) is 0 Å². The molecule has 0 bridgehead atoms. The van der Waals surface area contributed by atoms with Gasteiger partial charge in [-0.2, -0.15) is 15.0 Å². The van der Waals surface area contributed by atoms with Gasteiger partial charge in [-0.05, 0) is 37.1 Å². The van der Waals surface area contributed by atoms with Gasteiger partial charge in [0.25, 0.3) is 0 Å². The van der Waals surface area contributed by atoms with Crippen LogP contribution in [0.4, 0.5) is 0 Å². The summed E-state index contributed by atoms with van der Waals surface area (Å²) in [7, 11) is 0. The Hall–Kier alpha value is -2.94. The second-order valence-corrected chi connectivity index (χ2v) is 6.23. The van der Waals surface area contributed by atoms with E-state index in [1.807, 2.05) is 29.1 Å². The third-order valence-corrected chi connectivity index (χ3v) is 4.32. The molecule has 118 valence electrons. The van der Waals surface area contributed by atoms with Crippen molar-refractivity contribution < 1.29 is 0 Å². The van der Waals surface area contributed by atoms with Gasteiger partial charge >= 0.3 is 0 Å². The molecule has 0 radical (unpaired) electrons. The lowest BCUT2D eigenvalue weighted by molar-refractivity contribution is 0.525. The van der Waals surface area contributed by atoms with Gasteiger partial charge in [0.1, 0.15) is 17.1 Å². The van der Waals surface area contributed by atoms with Crippen LogP contribution in [0.1, 0.15) is 28.3 Å². The lowest BCUT2D eigenvalue weighted by Crippen LogP contribution is -2.15. The first-order chi connectivity index (χ1) is 11.7. The van der Waals surface area contributed by atoms with E-state index in [2.05, 4.69) is 62.4 Å². The van der Waals surface area contributed by atoms with Crippen LogP contribution in [-0.4, -0.2) is 15.0 Å². The molecule has 1 aromatic heterocycles. The van der Waals surface area contributed by atoms with Crippen LogP contribution in [-0.2, 0) is 0 Å². The van der Waals surface area contributed by atoms with Gasteiger partial charge in [0.15, 0.2) is 0 Å². The number of hydrogen-bond acceptors (Lipinski definition) is 2. The van der Waals surface area contributed by atoms with Crippen molar-refractivity contribution in [2.75, 3.05) is 0 Å². The SMILES string of the molecule is Cc1ccc(C(c2ccc(C)cc2)n2nc3ccccc3n2)cc1. The molecule has 4 rings (SSSR count). The van der Waals surface area contributed by atoms with Crippen LogP contribution < -0.4 is 0 Å². The molecular formula is C21H19N3. The van der Waals surface area contributed by atoms with Crippen LogP contribution in [0, 0.1) is 13.8 Å². The highest BCUT2D eigenvalue weighted by Gasteiger charge is 2.19. The number of rotatable bonds is 3. The van der Waals surface area contributed by atoms with E-state index in [1.165, 1.54) is 22.3 Å². The largest absolute Gasteiger partial charge is 0.172 e. The van der Waals surface area contributed by atoms with E-state index >= 15 is 0 Å². The van der Waals surface area contributed by atoms with Crippen molar-refractivity contribution in [1.82, 2.24) is 15.0 Å². The molecule has 0 aliphatic rings. The van der Waals surface area contributed by atoms with Gasteiger partial charge in [-0.25, -0.2) is 0 Å². The van der Waals surface area contributed by atoms with Crippen molar-refractivity contribution in [3.8, 4) is 0 Å². The van der Waals surface area contributed by atoms with Gasteiger partial charge in [0.05, 0.1) is 0 Å². The molecule has 0 saturated carbocycles. The summed E-state index contributed by atoms with van der Waals surface area (Å²) in [6.45, 7) is 4.20. The molecule has 0 unspecified atom stereocenters. The Morgan fingerprint density at radius 3 is 1.46 bits per heavy atom. The molecule has 0 atom stereocenters. The Balaban J connectivity index is 1.88. The monoisotopic (exact) mass is 313 g/mol. The second kappa shape index (κ2) is 5.93. The standard InChI is InChI=1S/C21H19N3/c1-15-7-11-17(12-8-15)21(18-13-9-16(2)10-14-18)24-22-19-5-3-4-6-20(19)23-24/h3-14,21H,1-2H3. The van der Waals surface area contributed by atoms with Crippen molar-refractivity contribution >= 4 is 11.0 Å². The van der Waals surface area contributed by atoms with E-state index in [0.717, 1.165) is 11.0 Å². The number of nitrogens with zero attached hydrogens (tertiary/aromatic N) is 3. The van der Waals surface area contributed by atoms with Crippen LogP contribution in [0.15, 0.2) is 72.8 Å². The van der Waals surface area contributed by atoms with Crippen LogP contribution in [0.5, 0.6) is 0 Å². The van der Waals surface area contributed by atoms with E-state index in [0.29, 0.717) is 0 Å². The maximum atomic E-state index is 4.72. The van der Waals surface area contributed by atoms with E-state index in [-0.39, 0.29) is 6.04 Å². The van der Waals surface area contributed by atoms with E-state index in [4.69, 9.17) is 10.2 Å². The van der Waals surface area contributed by atoms with Crippen molar-refractivity contribution in [3.63, 3.8) is 0 Å². The number of aromatic nitrogens is 3. The summed E-state index contributed by atoms with van der Waals surface area (Å²) in [4.78, 5) is 1.83. The zero-order chi connectivity index (χ0) is 16.5. The molecule has 0 aliphatic heterocycles. The van der Waals surface area contributed by atoms with E-state index in [9.17, 15) is 0 Å². The Labute approximate surface area is 141 Å². The molecule has 3 heteroatoms. The summed E-state index contributed by atoms with van der Waals surface area (Å²) in [5.41, 5.74) is 6.71. The molecule has 1 heterocycles. The highest BCUT2D eigenvalue weighted by molar-refractivity contribution is 5.73. The predicted octanol–water partition coefficient (Wildman–Crippen LogP) is 4.69. The molecule has 0 spiro atoms. The number of fused-ring (bicyclic) bond motifs is 1. The maximum Gasteiger partial charge on any atom is 0.122 e. The Bertz CT molecular complexity index is 888. The molecule has 0 N–H and O–H groups in total. The third kappa shape index (κ3) is 2.69. The molecular weight excluding hydrogens is 294 g/mol. The zero-order valence-electron chi connectivity index (χ0n) is 13.8. The van der Waals surface area contributed by atoms with Crippen LogP contribution >= 0.6 is 0 Å². The van der Waals surface area contributed by atoms with Crippen LogP contribution in [0.25, 0.3) is 11.0 Å². The van der Waals surface area contributed by atoms with Crippen LogP contribution in [0.3, 0.4) is 0 Å². The fraction of sp³-hybridized carbons (Fsp3) is 0.143. The lowest BCUT2D eigenvalue weighted by Gasteiger charge is -2.17. The predicted molar refractivity (Wildman–Crippen MR) is 97.1 cm³/mol. The average Bonchev–Trinajstić information content (AvgIpc) is 3.02. The normalized spacial score (nSPS) is 11.3. The summed E-state index contributed by atoms with van der Waals surface area (Å²) in [5.74, 6) is 0. The Morgan fingerprint density at radius 2 is 1.04 bits per heavy atom. The van der Waals surface area contributed by atoms with Gasteiger partial charge in [-0.3, -0.25) is 0 Å². The summed E-state index contributed by atoms with van der Waals surface area (Å²) >= 11 is 0. The minimum Gasteiger partial charge on any atom is -0.172 e. The van der Waals surface area contributed by atoms with E-state index < -0.39 is 0 Å². The highest BCUT2D eigenvalue weighted by atomic mass is 15.5. The van der Waals surface area contributed by atoms with Gasteiger partial charge in [0.2, 0.25) is 0 Å². The fourth-order valence-corrected chi connectivity index (χ4v) is 2.95. The first-order valence-electron chi connectivity index (χ1n) is 8.15. The zero-order valence-corrected chi connectivity index (χ0v) is 13.8. The smallest absolute Gasteiger partial charge is 0.122 e. The molecule has 4 aromatic rings. The van der Waals surface area contributed by atoms with Gasteiger partial charge < -0.3 is 0 Å². The first-order valence-corrected chi connectivity index (χ1v) is 8.15. The lowest BCUT2D eigenvalue weighted by atomic mass is 9.97. The average molecular weight is 313 g/mol. The molecule has 0 fully saturated rings. The summed E-state index contributed by atoms with van der Waals surface area (Å²) in [5, 5.41) is 9.43. The Kier molecular flexibility index (Phi) is 3.62. The van der Waals surface area contributed by atoms with E-state index in [1.54, 1.807) is 0 Å². The molecule has 24 heavy (non-hydrogen) atoms. The molecule has 0 amide bonds. The minimum absolute atomic E-state index is 0.0291. The number of benzene rings is 3. The second-order valence-electron chi connectivity index (χ2n) is 6.23.